The number of nitrogens with two attached hydrogens (primary N) is 1. The lowest BCUT2D eigenvalue weighted by atomic mass is 10.2. The second-order valence-electron chi connectivity index (χ2n) is 5.63. The molecule has 134 valence electrons. The van der Waals surface area contributed by atoms with Crippen LogP contribution in [-0.2, 0) is 6.18 Å². The van der Waals surface area contributed by atoms with E-state index < -0.39 is 11.7 Å². The minimum absolute atomic E-state index is 0.202. The molecular weight excluding hydrogens is 343 g/mol. The summed E-state index contributed by atoms with van der Waals surface area (Å²) < 4.78 is 38.5. The van der Waals surface area contributed by atoms with Gasteiger partial charge in [-0.3, -0.25) is 0 Å². The third-order valence-corrected chi connectivity index (χ3v) is 3.73. The van der Waals surface area contributed by atoms with E-state index in [9.17, 15) is 13.2 Å². The monoisotopic (exact) mass is 359 g/mol. The second-order valence-corrected chi connectivity index (χ2v) is 5.63. The summed E-state index contributed by atoms with van der Waals surface area (Å²) in [6, 6.07) is 12.4. The van der Waals surface area contributed by atoms with Gasteiger partial charge >= 0.3 is 6.18 Å². The van der Waals surface area contributed by atoms with Gasteiger partial charge in [0.2, 0.25) is 0 Å². The third kappa shape index (κ3) is 3.85. The third-order valence-electron chi connectivity index (χ3n) is 3.73. The molecule has 0 saturated heterocycles. The average Bonchev–Trinajstić information content (AvgIpc) is 2.60. The van der Waals surface area contributed by atoms with E-state index in [1.807, 2.05) is 31.2 Å². The highest BCUT2D eigenvalue weighted by Crippen LogP contribution is 2.33. The lowest BCUT2D eigenvalue weighted by Gasteiger charge is -2.14. The van der Waals surface area contributed by atoms with Crippen molar-refractivity contribution in [3.63, 3.8) is 0 Å². The lowest BCUT2D eigenvalue weighted by molar-refractivity contribution is -0.137. The molecule has 2 aromatic carbocycles. The van der Waals surface area contributed by atoms with Crippen molar-refractivity contribution < 1.29 is 13.2 Å². The van der Waals surface area contributed by atoms with Crippen LogP contribution in [0.15, 0.2) is 54.9 Å². The first-order chi connectivity index (χ1) is 12.3. The van der Waals surface area contributed by atoms with Gasteiger partial charge in [0.1, 0.15) is 12.0 Å². The van der Waals surface area contributed by atoms with Gasteiger partial charge in [0, 0.05) is 11.4 Å². The minimum Gasteiger partial charge on any atom is -0.393 e. The number of para-hydroxylation sites is 1. The Morgan fingerprint density at radius 3 is 2.31 bits per heavy atom. The molecule has 0 saturated carbocycles. The summed E-state index contributed by atoms with van der Waals surface area (Å²) in [5, 5.41) is 5.92. The molecular formula is C18H16F3N5. The van der Waals surface area contributed by atoms with Gasteiger partial charge in [-0.15, -0.1) is 0 Å². The van der Waals surface area contributed by atoms with Crippen LogP contribution in [0.2, 0.25) is 0 Å². The fourth-order valence-corrected chi connectivity index (χ4v) is 2.35. The maximum Gasteiger partial charge on any atom is 0.416 e. The molecule has 0 aliphatic rings. The SMILES string of the molecule is Cc1ccccc1Nc1ncnc(Nc2cccc(C(F)(F)F)c2)c1N. The lowest BCUT2D eigenvalue weighted by Crippen LogP contribution is -2.07. The number of nitrogen functional groups attached to an aromatic ring is 1. The zero-order chi connectivity index (χ0) is 18.7. The first-order valence-electron chi connectivity index (χ1n) is 7.72. The minimum atomic E-state index is -4.42. The van der Waals surface area contributed by atoms with E-state index in [4.69, 9.17) is 5.73 Å². The smallest absolute Gasteiger partial charge is 0.393 e. The number of nitrogens with zero attached hydrogens (tertiary/aromatic N) is 2. The number of hydrogen-bond donors (Lipinski definition) is 3. The molecule has 3 rings (SSSR count). The second kappa shape index (κ2) is 6.91. The van der Waals surface area contributed by atoms with E-state index in [-0.39, 0.29) is 17.2 Å². The summed E-state index contributed by atoms with van der Waals surface area (Å²) in [6.45, 7) is 1.93. The summed E-state index contributed by atoms with van der Waals surface area (Å²) in [7, 11) is 0. The highest BCUT2D eigenvalue weighted by molar-refractivity contribution is 5.80. The fraction of sp³-hybridized carbons (Fsp3) is 0.111. The molecule has 0 aliphatic heterocycles. The van der Waals surface area contributed by atoms with Crippen molar-refractivity contribution in [3.05, 3.63) is 66.0 Å². The molecule has 0 aliphatic carbocycles. The first-order valence-corrected chi connectivity index (χ1v) is 7.72. The highest BCUT2D eigenvalue weighted by atomic mass is 19.4. The number of rotatable bonds is 4. The van der Waals surface area contributed by atoms with Gasteiger partial charge < -0.3 is 16.4 Å². The Labute approximate surface area is 148 Å². The van der Waals surface area contributed by atoms with Crippen molar-refractivity contribution in [1.29, 1.82) is 0 Å². The number of nitrogens with one attached hydrogen (secondary N) is 2. The van der Waals surface area contributed by atoms with Gasteiger partial charge in [0.15, 0.2) is 11.6 Å². The number of benzene rings is 2. The van der Waals surface area contributed by atoms with Crippen LogP contribution in [0.5, 0.6) is 0 Å². The molecule has 1 aromatic heterocycles. The Balaban J connectivity index is 1.87. The van der Waals surface area contributed by atoms with Gasteiger partial charge in [0.05, 0.1) is 5.56 Å². The van der Waals surface area contributed by atoms with Crippen molar-refractivity contribution in [2.24, 2.45) is 0 Å². The molecule has 0 atom stereocenters. The van der Waals surface area contributed by atoms with Crippen LogP contribution in [-0.4, -0.2) is 9.97 Å². The van der Waals surface area contributed by atoms with E-state index in [1.165, 1.54) is 18.5 Å². The van der Waals surface area contributed by atoms with Crippen LogP contribution >= 0.6 is 0 Å². The Hall–Kier alpha value is -3.29. The summed E-state index contributed by atoms with van der Waals surface area (Å²) in [5.74, 6) is 0.583. The molecule has 0 fully saturated rings. The van der Waals surface area contributed by atoms with Gasteiger partial charge in [-0.05, 0) is 36.8 Å². The molecule has 5 nitrogen and oxygen atoms in total. The predicted molar refractivity (Wildman–Crippen MR) is 95.6 cm³/mol. The summed E-state index contributed by atoms with van der Waals surface area (Å²) in [5.41, 5.74) is 7.58. The van der Waals surface area contributed by atoms with Gasteiger partial charge in [-0.2, -0.15) is 13.2 Å². The van der Waals surface area contributed by atoms with E-state index in [0.717, 1.165) is 23.4 Å². The maximum absolute atomic E-state index is 12.8. The standard InChI is InChI=1S/C18H16F3N5/c1-11-5-2-3-8-14(11)26-17-15(22)16(23-10-24-17)25-13-7-4-6-12(9-13)18(19,20)21/h2-10H,22H2,1H3,(H2,23,24,25,26). The van der Waals surface area contributed by atoms with Crippen LogP contribution in [0.3, 0.4) is 0 Å². The fourth-order valence-electron chi connectivity index (χ4n) is 2.35. The van der Waals surface area contributed by atoms with Gasteiger partial charge in [0.25, 0.3) is 0 Å². The Bertz CT molecular complexity index is 925. The number of anilines is 5. The average molecular weight is 359 g/mol. The van der Waals surface area contributed by atoms with Gasteiger partial charge in [-0.1, -0.05) is 24.3 Å². The molecule has 0 spiro atoms. The number of hydrogen-bond acceptors (Lipinski definition) is 5. The van der Waals surface area contributed by atoms with Crippen LogP contribution < -0.4 is 16.4 Å². The molecule has 1 heterocycles. The van der Waals surface area contributed by atoms with Gasteiger partial charge in [-0.25, -0.2) is 9.97 Å². The van der Waals surface area contributed by atoms with Crippen LogP contribution in [0.25, 0.3) is 0 Å². The molecule has 8 heteroatoms. The zero-order valence-corrected chi connectivity index (χ0v) is 13.8. The molecule has 4 N–H and O–H groups in total. The molecule has 0 radical (unpaired) electrons. The summed E-state index contributed by atoms with van der Waals surface area (Å²) >= 11 is 0. The number of halogens is 3. The molecule has 3 aromatic rings. The van der Waals surface area contributed by atoms with Crippen LogP contribution in [0.4, 0.5) is 41.9 Å². The van der Waals surface area contributed by atoms with E-state index in [1.54, 1.807) is 0 Å². The first kappa shape index (κ1) is 17.5. The quantitative estimate of drug-likeness (QED) is 0.619. The van der Waals surface area contributed by atoms with E-state index >= 15 is 0 Å². The van der Waals surface area contributed by atoms with Crippen molar-refractivity contribution in [2.45, 2.75) is 13.1 Å². The number of aromatic nitrogens is 2. The van der Waals surface area contributed by atoms with E-state index in [2.05, 4.69) is 20.6 Å². The summed E-state index contributed by atoms with van der Waals surface area (Å²) in [6.07, 6.45) is -3.14. The largest absolute Gasteiger partial charge is 0.416 e. The Morgan fingerprint density at radius 1 is 0.923 bits per heavy atom. The van der Waals surface area contributed by atoms with Crippen molar-refractivity contribution in [1.82, 2.24) is 9.97 Å². The normalized spacial score (nSPS) is 11.2. The Kier molecular flexibility index (Phi) is 4.66. The molecule has 26 heavy (non-hydrogen) atoms. The predicted octanol–water partition coefficient (Wildman–Crippen LogP) is 4.87. The van der Waals surface area contributed by atoms with Crippen LogP contribution in [0, 0.1) is 6.92 Å². The molecule has 0 bridgehead atoms. The van der Waals surface area contributed by atoms with Crippen molar-refractivity contribution >= 4 is 28.7 Å². The summed E-state index contributed by atoms with van der Waals surface area (Å²) in [4.78, 5) is 8.13. The maximum atomic E-state index is 12.8. The highest BCUT2D eigenvalue weighted by Gasteiger charge is 2.30. The Morgan fingerprint density at radius 2 is 1.62 bits per heavy atom. The van der Waals surface area contributed by atoms with Crippen LogP contribution in [0.1, 0.15) is 11.1 Å². The van der Waals surface area contributed by atoms with E-state index in [0.29, 0.717) is 5.82 Å². The number of aryl methyl sites for hydroxylation is 1. The molecule has 0 unspecified atom stereocenters. The zero-order valence-electron chi connectivity index (χ0n) is 13.8. The topological polar surface area (TPSA) is 75.9 Å². The van der Waals surface area contributed by atoms with Crippen molar-refractivity contribution in [2.75, 3.05) is 16.4 Å². The molecule has 0 amide bonds. The van der Waals surface area contributed by atoms with Crippen molar-refractivity contribution in [3.8, 4) is 0 Å². The number of alkyl halides is 3.